The zero-order chi connectivity index (χ0) is 18.1. The number of fused-ring (bicyclic) bond motifs is 5. The Morgan fingerprint density at radius 1 is 1.16 bits per heavy atom. The number of nitrogens with zero attached hydrogens (tertiary/aromatic N) is 1. The molecule has 0 spiro atoms. The van der Waals surface area contributed by atoms with E-state index in [1.807, 2.05) is 26.0 Å². The smallest absolute Gasteiger partial charge is 0.339 e. The maximum atomic E-state index is 13.0. The van der Waals surface area contributed by atoms with E-state index in [1.54, 1.807) is 6.07 Å². The Bertz CT molecular complexity index is 829. The van der Waals surface area contributed by atoms with Crippen LogP contribution in [0.25, 0.3) is 0 Å². The Kier molecular flexibility index (Phi) is 3.21. The molecule has 1 aromatic carbocycles. The zero-order valence-corrected chi connectivity index (χ0v) is 14.7. The molecule has 0 aromatic heterocycles. The van der Waals surface area contributed by atoms with Crippen molar-refractivity contribution in [2.24, 2.45) is 11.8 Å². The van der Waals surface area contributed by atoms with E-state index >= 15 is 0 Å². The van der Waals surface area contributed by atoms with Crippen LogP contribution >= 0.6 is 11.6 Å². The standard InChI is InChI=1S/C18H16ClNO5/c1-17-6-7-18(2,25-17)13-12(17)14(21)20(15(13)22)9-4-5-11(19)10(8-9)16(23)24-3/h4-8,12-13H,1-3H3/t12-,13+,17-,18+. The highest BCUT2D eigenvalue weighted by molar-refractivity contribution is 6.34. The molecule has 3 heterocycles. The van der Waals surface area contributed by atoms with Crippen LogP contribution in [0.3, 0.4) is 0 Å². The lowest BCUT2D eigenvalue weighted by molar-refractivity contribution is -0.128. The fourth-order valence-corrected chi connectivity index (χ4v) is 4.40. The Morgan fingerprint density at radius 2 is 1.72 bits per heavy atom. The third-order valence-corrected chi connectivity index (χ3v) is 5.67. The first-order valence-corrected chi connectivity index (χ1v) is 8.26. The van der Waals surface area contributed by atoms with E-state index < -0.39 is 29.0 Å². The summed E-state index contributed by atoms with van der Waals surface area (Å²) in [6, 6.07) is 4.43. The lowest BCUT2D eigenvalue weighted by atomic mass is 9.73. The van der Waals surface area contributed by atoms with Crippen molar-refractivity contribution in [2.45, 2.75) is 25.0 Å². The number of methoxy groups -OCH3 is 1. The molecule has 0 aliphatic carbocycles. The summed E-state index contributed by atoms with van der Waals surface area (Å²) in [5.41, 5.74) is -1.17. The van der Waals surface area contributed by atoms with Crippen molar-refractivity contribution in [3.8, 4) is 0 Å². The number of amides is 2. The summed E-state index contributed by atoms with van der Waals surface area (Å²) in [6.45, 7) is 3.63. The molecule has 6 nitrogen and oxygen atoms in total. The van der Waals surface area contributed by atoms with E-state index in [0.29, 0.717) is 5.69 Å². The highest BCUT2D eigenvalue weighted by Crippen LogP contribution is 2.57. The molecule has 7 heteroatoms. The summed E-state index contributed by atoms with van der Waals surface area (Å²) in [5.74, 6) is -2.44. The van der Waals surface area contributed by atoms with Gasteiger partial charge >= 0.3 is 5.97 Å². The highest BCUT2D eigenvalue weighted by atomic mass is 35.5. The second kappa shape index (κ2) is 4.93. The monoisotopic (exact) mass is 361 g/mol. The Hall–Kier alpha value is -2.18. The van der Waals surface area contributed by atoms with E-state index in [1.165, 1.54) is 19.2 Å². The molecule has 0 unspecified atom stereocenters. The van der Waals surface area contributed by atoms with Crippen molar-refractivity contribution in [3.05, 3.63) is 40.9 Å². The van der Waals surface area contributed by atoms with Crippen molar-refractivity contribution in [2.75, 3.05) is 12.0 Å². The van der Waals surface area contributed by atoms with Gasteiger partial charge in [0.1, 0.15) is 0 Å². The summed E-state index contributed by atoms with van der Waals surface area (Å²) in [5, 5.41) is 0.193. The van der Waals surface area contributed by atoms with Gasteiger partial charge in [0.05, 0.1) is 46.4 Å². The SMILES string of the molecule is COC(=O)c1cc(N2C(=O)[C@@H]3[C@H](C2=O)[C@@]2(C)C=C[C@]3(C)O2)ccc1Cl. The van der Waals surface area contributed by atoms with Gasteiger partial charge in [0.2, 0.25) is 11.8 Å². The van der Waals surface area contributed by atoms with Gasteiger partial charge < -0.3 is 9.47 Å². The molecule has 1 aromatic rings. The Morgan fingerprint density at radius 3 is 2.24 bits per heavy atom. The van der Waals surface area contributed by atoms with Crippen molar-refractivity contribution in [1.82, 2.24) is 0 Å². The van der Waals surface area contributed by atoms with Crippen LogP contribution in [0.1, 0.15) is 24.2 Å². The average molecular weight is 362 g/mol. The van der Waals surface area contributed by atoms with Gasteiger partial charge in [-0.1, -0.05) is 23.8 Å². The van der Waals surface area contributed by atoms with Gasteiger partial charge in [-0.15, -0.1) is 0 Å². The maximum absolute atomic E-state index is 13.0. The predicted octanol–water partition coefficient (Wildman–Crippen LogP) is 2.35. The number of carbonyl (C=O) groups is 3. The number of esters is 1. The lowest BCUT2D eigenvalue weighted by Crippen LogP contribution is -2.39. The second-order valence-corrected chi connectivity index (χ2v) is 7.33. The number of hydrogen-bond acceptors (Lipinski definition) is 5. The van der Waals surface area contributed by atoms with E-state index in [-0.39, 0.29) is 22.4 Å². The van der Waals surface area contributed by atoms with Crippen molar-refractivity contribution < 1.29 is 23.9 Å². The summed E-state index contributed by atoms with van der Waals surface area (Å²) < 4.78 is 10.7. The number of ether oxygens (including phenoxy) is 2. The molecular formula is C18H16ClNO5. The van der Waals surface area contributed by atoms with E-state index in [2.05, 4.69) is 0 Å². The zero-order valence-electron chi connectivity index (χ0n) is 13.9. The van der Waals surface area contributed by atoms with Crippen LogP contribution in [0.5, 0.6) is 0 Å². The number of benzene rings is 1. The molecule has 3 aliphatic rings. The largest absolute Gasteiger partial charge is 0.465 e. The van der Waals surface area contributed by atoms with E-state index in [9.17, 15) is 14.4 Å². The summed E-state index contributed by atoms with van der Waals surface area (Å²) in [6.07, 6.45) is 3.70. The molecular weight excluding hydrogens is 346 g/mol. The number of hydrogen-bond donors (Lipinski definition) is 0. The Balaban J connectivity index is 1.78. The van der Waals surface area contributed by atoms with Crippen LogP contribution in [0.4, 0.5) is 5.69 Å². The van der Waals surface area contributed by atoms with Crippen LogP contribution in [-0.4, -0.2) is 36.1 Å². The molecule has 3 aliphatic heterocycles. The number of imide groups is 1. The first kappa shape index (κ1) is 16.3. The number of halogens is 1. The minimum atomic E-state index is -0.793. The van der Waals surface area contributed by atoms with Gasteiger partial charge in [-0.05, 0) is 32.0 Å². The van der Waals surface area contributed by atoms with Gasteiger partial charge in [0, 0.05) is 0 Å². The molecule has 2 amide bonds. The molecule has 130 valence electrons. The molecule has 0 saturated carbocycles. The van der Waals surface area contributed by atoms with Gasteiger partial charge in [0.25, 0.3) is 0 Å². The average Bonchev–Trinajstić information content (AvgIpc) is 3.12. The van der Waals surface area contributed by atoms with E-state index in [4.69, 9.17) is 21.1 Å². The van der Waals surface area contributed by atoms with Crippen molar-refractivity contribution in [3.63, 3.8) is 0 Å². The summed E-state index contributed by atoms with van der Waals surface area (Å²) >= 11 is 6.03. The van der Waals surface area contributed by atoms with Crippen LogP contribution in [0.2, 0.25) is 5.02 Å². The third-order valence-electron chi connectivity index (χ3n) is 5.34. The quantitative estimate of drug-likeness (QED) is 0.459. The predicted molar refractivity (Wildman–Crippen MR) is 89.3 cm³/mol. The first-order chi connectivity index (χ1) is 11.7. The molecule has 2 fully saturated rings. The fourth-order valence-electron chi connectivity index (χ4n) is 4.20. The maximum Gasteiger partial charge on any atom is 0.339 e. The molecule has 2 bridgehead atoms. The van der Waals surface area contributed by atoms with Crippen LogP contribution in [0.15, 0.2) is 30.4 Å². The van der Waals surface area contributed by atoms with Crippen LogP contribution in [-0.2, 0) is 19.1 Å². The normalized spacial score (nSPS) is 35.4. The van der Waals surface area contributed by atoms with Gasteiger partial charge in [0.15, 0.2) is 0 Å². The minimum Gasteiger partial charge on any atom is -0.465 e. The molecule has 0 radical (unpaired) electrons. The Labute approximate surface area is 149 Å². The fraction of sp³-hybridized carbons (Fsp3) is 0.389. The van der Waals surface area contributed by atoms with Gasteiger partial charge in [-0.25, -0.2) is 9.69 Å². The molecule has 4 atom stereocenters. The molecule has 4 rings (SSSR count). The molecule has 25 heavy (non-hydrogen) atoms. The van der Waals surface area contributed by atoms with Crippen LogP contribution in [0, 0.1) is 11.8 Å². The van der Waals surface area contributed by atoms with Gasteiger partial charge in [-0.2, -0.15) is 0 Å². The van der Waals surface area contributed by atoms with Crippen molar-refractivity contribution >= 4 is 35.1 Å². The first-order valence-electron chi connectivity index (χ1n) is 7.88. The van der Waals surface area contributed by atoms with E-state index in [0.717, 1.165) is 4.90 Å². The lowest BCUT2D eigenvalue weighted by Gasteiger charge is -2.25. The van der Waals surface area contributed by atoms with Crippen LogP contribution < -0.4 is 4.90 Å². The minimum absolute atomic E-state index is 0.106. The summed E-state index contributed by atoms with van der Waals surface area (Å²) in [7, 11) is 1.24. The second-order valence-electron chi connectivity index (χ2n) is 6.93. The number of anilines is 1. The topological polar surface area (TPSA) is 72.9 Å². The third kappa shape index (κ3) is 1.98. The highest BCUT2D eigenvalue weighted by Gasteiger charge is 2.70. The van der Waals surface area contributed by atoms with Crippen molar-refractivity contribution in [1.29, 1.82) is 0 Å². The van der Waals surface area contributed by atoms with Gasteiger partial charge in [-0.3, -0.25) is 9.59 Å². The summed E-state index contributed by atoms with van der Waals surface area (Å²) in [4.78, 5) is 39.0. The number of carbonyl (C=O) groups excluding carboxylic acids is 3. The number of rotatable bonds is 2. The molecule has 2 saturated heterocycles. The molecule has 0 N–H and O–H groups in total.